The molecule has 8 nitrogen and oxygen atoms in total. The summed E-state index contributed by atoms with van der Waals surface area (Å²) in [5.74, 6) is -0.310. The third-order valence-electron chi connectivity index (χ3n) is 3.89. The van der Waals surface area contributed by atoms with Gasteiger partial charge in [0.15, 0.2) is 5.65 Å². The second-order valence-corrected chi connectivity index (χ2v) is 5.60. The number of aryl methyl sites for hydroxylation is 1. The number of carbonyl (C=O) groups is 1. The molecule has 0 saturated carbocycles. The van der Waals surface area contributed by atoms with Gasteiger partial charge in [-0.25, -0.2) is 9.67 Å². The van der Waals surface area contributed by atoms with E-state index in [0.717, 1.165) is 6.42 Å². The molecular weight excluding hydrogens is 322 g/mol. The van der Waals surface area contributed by atoms with Gasteiger partial charge in [-0.2, -0.15) is 5.10 Å². The van der Waals surface area contributed by atoms with Gasteiger partial charge in [0.1, 0.15) is 18.3 Å². The average molecular weight is 341 g/mol. The number of hydrogen-bond donors (Lipinski definition) is 2. The van der Waals surface area contributed by atoms with Crippen LogP contribution in [0.1, 0.15) is 12.5 Å². The molecule has 0 aliphatic rings. The number of fused-ring (bicyclic) bond motifs is 1. The molecule has 0 saturated heterocycles. The first-order valence-electron chi connectivity index (χ1n) is 8.03. The Labute approximate surface area is 143 Å². The predicted octanol–water partition coefficient (Wildman–Crippen LogP) is 0.786. The Morgan fingerprint density at radius 2 is 2.04 bits per heavy atom. The van der Waals surface area contributed by atoms with Crippen LogP contribution in [0, 0.1) is 0 Å². The minimum atomic E-state index is -0.342. The van der Waals surface area contributed by atoms with Crippen molar-refractivity contribution >= 4 is 22.6 Å². The van der Waals surface area contributed by atoms with Gasteiger partial charge in [0.2, 0.25) is 5.91 Å². The molecule has 3 rings (SSSR count). The molecule has 1 amide bonds. The average Bonchev–Trinajstić information content (AvgIpc) is 3.02. The Bertz CT molecular complexity index is 943. The zero-order chi connectivity index (χ0) is 17.8. The Hall–Kier alpha value is -3.00. The molecule has 0 aliphatic carbocycles. The molecule has 0 unspecified atom stereocenters. The largest absolute Gasteiger partial charge is 0.394 e. The third-order valence-corrected chi connectivity index (χ3v) is 3.89. The van der Waals surface area contributed by atoms with E-state index < -0.39 is 0 Å². The van der Waals surface area contributed by atoms with Gasteiger partial charge in [-0.15, -0.1) is 0 Å². The van der Waals surface area contributed by atoms with Crippen molar-refractivity contribution < 1.29 is 9.90 Å². The van der Waals surface area contributed by atoms with Crippen molar-refractivity contribution in [1.29, 1.82) is 0 Å². The summed E-state index contributed by atoms with van der Waals surface area (Å²) in [6.45, 7) is 2.09. The lowest BCUT2D eigenvalue weighted by Crippen LogP contribution is -2.27. The minimum Gasteiger partial charge on any atom is -0.394 e. The number of aromatic nitrogens is 4. The fourth-order valence-corrected chi connectivity index (χ4v) is 2.55. The fourth-order valence-electron chi connectivity index (χ4n) is 2.55. The number of benzene rings is 1. The van der Waals surface area contributed by atoms with E-state index in [1.165, 1.54) is 27.3 Å². The number of anilines is 1. The van der Waals surface area contributed by atoms with E-state index in [0.29, 0.717) is 16.7 Å². The van der Waals surface area contributed by atoms with Crippen molar-refractivity contribution in [1.82, 2.24) is 19.3 Å². The molecule has 0 radical (unpaired) electrons. The topological polar surface area (TPSA) is 102 Å². The zero-order valence-electron chi connectivity index (χ0n) is 13.8. The number of carbonyl (C=O) groups excluding carboxylic acids is 1. The van der Waals surface area contributed by atoms with Crippen molar-refractivity contribution in [3.63, 3.8) is 0 Å². The number of aliphatic hydroxyl groups is 1. The smallest absolute Gasteiger partial charge is 0.264 e. The van der Waals surface area contributed by atoms with Crippen molar-refractivity contribution in [3.8, 4) is 0 Å². The number of rotatable bonds is 6. The number of hydrogen-bond acceptors (Lipinski definition) is 5. The van der Waals surface area contributed by atoms with Crippen LogP contribution in [0.3, 0.4) is 0 Å². The molecule has 25 heavy (non-hydrogen) atoms. The molecule has 0 spiro atoms. The van der Waals surface area contributed by atoms with Crippen LogP contribution in [-0.4, -0.2) is 37.0 Å². The molecule has 0 aliphatic heterocycles. The van der Waals surface area contributed by atoms with Crippen molar-refractivity contribution in [2.75, 3.05) is 11.9 Å². The number of nitrogens with one attached hydrogen (secondary N) is 1. The molecule has 1 aromatic carbocycles. The highest BCUT2D eigenvalue weighted by Gasteiger charge is 2.12. The van der Waals surface area contributed by atoms with Gasteiger partial charge in [0, 0.05) is 5.69 Å². The fraction of sp³-hybridized carbons (Fsp3) is 0.294. The molecule has 130 valence electrons. The Morgan fingerprint density at radius 1 is 1.28 bits per heavy atom. The Balaban J connectivity index is 1.76. The lowest BCUT2D eigenvalue weighted by Gasteiger charge is -2.08. The van der Waals surface area contributed by atoms with Crippen LogP contribution in [0.4, 0.5) is 5.69 Å². The van der Waals surface area contributed by atoms with E-state index in [2.05, 4.69) is 22.3 Å². The third kappa shape index (κ3) is 3.58. The summed E-state index contributed by atoms with van der Waals surface area (Å²) in [6, 6.07) is 7.57. The summed E-state index contributed by atoms with van der Waals surface area (Å²) in [5.41, 5.74) is 1.92. The maximum absolute atomic E-state index is 12.4. The lowest BCUT2D eigenvalue weighted by molar-refractivity contribution is -0.116. The second-order valence-electron chi connectivity index (χ2n) is 5.60. The van der Waals surface area contributed by atoms with Gasteiger partial charge in [0.25, 0.3) is 5.56 Å². The zero-order valence-corrected chi connectivity index (χ0v) is 13.8. The van der Waals surface area contributed by atoms with E-state index in [1.54, 1.807) is 0 Å². The van der Waals surface area contributed by atoms with Crippen molar-refractivity contribution in [2.45, 2.75) is 26.4 Å². The van der Waals surface area contributed by atoms with E-state index in [4.69, 9.17) is 5.11 Å². The monoisotopic (exact) mass is 341 g/mol. The molecule has 0 bridgehead atoms. The molecule has 2 aromatic heterocycles. The molecule has 0 fully saturated rings. The van der Waals surface area contributed by atoms with Crippen LogP contribution in [0.2, 0.25) is 0 Å². The van der Waals surface area contributed by atoms with Gasteiger partial charge in [-0.1, -0.05) is 19.1 Å². The number of amides is 1. The van der Waals surface area contributed by atoms with Crippen LogP contribution in [0.15, 0.2) is 41.6 Å². The summed E-state index contributed by atoms with van der Waals surface area (Å²) in [7, 11) is 0. The van der Waals surface area contributed by atoms with Crippen LogP contribution in [0.5, 0.6) is 0 Å². The highest BCUT2D eigenvalue weighted by molar-refractivity contribution is 5.90. The van der Waals surface area contributed by atoms with Crippen molar-refractivity contribution in [2.24, 2.45) is 0 Å². The second kappa shape index (κ2) is 7.27. The maximum Gasteiger partial charge on any atom is 0.264 e. The summed E-state index contributed by atoms with van der Waals surface area (Å²) in [6.07, 6.45) is 3.65. The van der Waals surface area contributed by atoms with Crippen LogP contribution >= 0.6 is 0 Å². The molecule has 2 heterocycles. The lowest BCUT2D eigenvalue weighted by atomic mass is 10.1. The number of aliphatic hydroxyl groups excluding tert-OH is 1. The maximum atomic E-state index is 12.4. The van der Waals surface area contributed by atoms with Crippen LogP contribution in [-0.2, 0) is 24.3 Å². The summed E-state index contributed by atoms with van der Waals surface area (Å²) >= 11 is 0. The van der Waals surface area contributed by atoms with Gasteiger partial charge < -0.3 is 10.4 Å². The normalized spacial score (nSPS) is 11.0. The molecule has 3 aromatic rings. The van der Waals surface area contributed by atoms with E-state index in [1.807, 2.05) is 24.3 Å². The van der Waals surface area contributed by atoms with Crippen LogP contribution < -0.4 is 10.9 Å². The highest BCUT2D eigenvalue weighted by atomic mass is 16.3. The molecule has 2 N–H and O–H groups in total. The summed E-state index contributed by atoms with van der Waals surface area (Å²) < 4.78 is 2.69. The first-order chi connectivity index (χ1) is 12.1. The van der Waals surface area contributed by atoms with Gasteiger partial charge in [-0.3, -0.25) is 14.2 Å². The molecule has 8 heteroatoms. The molecular formula is C17H19N5O3. The Morgan fingerprint density at radius 3 is 2.72 bits per heavy atom. The number of nitrogens with zero attached hydrogens (tertiary/aromatic N) is 4. The van der Waals surface area contributed by atoms with Gasteiger partial charge in [-0.05, 0) is 24.1 Å². The van der Waals surface area contributed by atoms with Crippen molar-refractivity contribution in [3.05, 3.63) is 52.7 Å². The standard InChI is InChI=1S/C17H19N5O3/c1-2-12-3-5-13(6-4-12)20-15(24)10-21-11-18-16-14(17(21)25)9-19-22(16)7-8-23/h3-6,9,11,23H,2,7-8,10H2,1H3,(H,20,24). The first kappa shape index (κ1) is 16.8. The highest BCUT2D eigenvalue weighted by Crippen LogP contribution is 2.10. The summed E-state index contributed by atoms with van der Waals surface area (Å²) in [5, 5.41) is 16.1. The Kier molecular flexibility index (Phi) is 4.90. The molecule has 0 atom stereocenters. The minimum absolute atomic E-state index is 0.0965. The predicted molar refractivity (Wildman–Crippen MR) is 93.3 cm³/mol. The quantitative estimate of drug-likeness (QED) is 0.690. The SMILES string of the molecule is CCc1ccc(NC(=O)Cn2cnc3c(cnn3CCO)c2=O)cc1. The van der Waals surface area contributed by atoms with Gasteiger partial charge in [0.05, 0.1) is 19.3 Å². The van der Waals surface area contributed by atoms with Crippen LogP contribution in [0.25, 0.3) is 11.0 Å². The van der Waals surface area contributed by atoms with Gasteiger partial charge >= 0.3 is 0 Å². The summed E-state index contributed by atoms with van der Waals surface area (Å²) in [4.78, 5) is 28.8. The van der Waals surface area contributed by atoms with E-state index in [9.17, 15) is 9.59 Å². The van der Waals surface area contributed by atoms with E-state index >= 15 is 0 Å². The van der Waals surface area contributed by atoms with E-state index in [-0.39, 0.29) is 31.2 Å². The first-order valence-corrected chi connectivity index (χ1v) is 8.03.